The molecule has 1 saturated carbocycles. The van der Waals surface area contributed by atoms with Crippen LogP contribution < -0.4 is 9.62 Å². The van der Waals surface area contributed by atoms with Gasteiger partial charge >= 0.3 is 0 Å². The van der Waals surface area contributed by atoms with Gasteiger partial charge in [-0.2, -0.15) is 0 Å². The first kappa shape index (κ1) is 30.2. The van der Waals surface area contributed by atoms with Gasteiger partial charge in [-0.3, -0.25) is 9.10 Å². The van der Waals surface area contributed by atoms with Crippen molar-refractivity contribution in [2.45, 2.75) is 31.7 Å². The fourth-order valence-corrected chi connectivity index (χ4v) is 6.37. The zero-order valence-electron chi connectivity index (χ0n) is 23.6. The number of carbonyl (C=O) groups is 1. The number of nitrogens with zero attached hydrogens (tertiary/aromatic N) is 1. The first-order valence-corrected chi connectivity index (χ1v) is 16.1. The molecule has 42 heavy (non-hydrogen) atoms. The van der Waals surface area contributed by atoms with Crippen LogP contribution >= 0.6 is 15.9 Å². The third-order valence-corrected chi connectivity index (χ3v) is 9.14. The molecule has 0 unspecified atom stereocenters. The minimum absolute atomic E-state index is 0.108. The van der Waals surface area contributed by atoms with E-state index in [1.54, 1.807) is 25.3 Å². The Bertz CT molecular complexity index is 1720. The molecule has 1 aromatic heterocycles. The van der Waals surface area contributed by atoms with E-state index in [1.165, 1.54) is 29.7 Å². The van der Waals surface area contributed by atoms with E-state index in [-0.39, 0.29) is 25.2 Å². The Labute approximate surface area is 253 Å². The third-order valence-electron chi connectivity index (χ3n) is 7.24. The van der Waals surface area contributed by atoms with E-state index in [0.717, 1.165) is 34.0 Å². The normalized spacial score (nSPS) is 13.5. The first-order chi connectivity index (χ1) is 20.1. The molecule has 8 nitrogen and oxygen atoms in total. The molecule has 0 bridgehead atoms. The highest BCUT2D eigenvalue weighted by Crippen LogP contribution is 2.48. The van der Waals surface area contributed by atoms with Crippen LogP contribution in [-0.4, -0.2) is 48.1 Å². The molecular weight excluding hydrogens is 627 g/mol. The summed E-state index contributed by atoms with van der Waals surface area (Å²) in [5.41, 5.74) is 4.39. The maximum absolute atomic E-state index is 13.7. The Morgan fingerprint density at radius 1 is 1.14 bits per heavy atom. The lowest BCUT2D eigenvalue weighted by atomic mass is 10.00. The molecular formula is C31H32BrFN2O6S. The average Bonchev–Trinajstić information content (AvgIpc) is 3.74. The second kappa shape index (κ2) is 12.5. The van der Waals surface area contributed by atoms with E-state index in [4.69, 9.17) is 13.9 Å². The van der Waals surface area contributed by atoms with Crippen LogP contribution in [-0.2, 0) is 32.5 Å². The van der Waals surface area contributed by atoms with Crippen LogP contribution in [0.4, 0.5) is 10.1 Å². The van der Waals surface area contributed by atoms with Gasteiger partial charge in [-0.15, -0.1) is 0 Å². The van der Waals surface area contributed by atoms with Gasteiger partial charge in [-0.25, -0.2) is 12.8 Å². The van der Waals surface area contributed by atoms with Crippen LogP contribution in [0.2, 0.25) is 0 Å². The van der Waals surface area contributed by atoms with Crippen molar-refractivity contribution in [3.63, 3.8) is 0 Å². The highest BCUT2D eigenvalue weighted by Gasteiger charge is 2.33. The molecule has 5 rings (SSSR count). The molecule has 3 aromatic carbocycles. The number of carbonyl (C=O) groups excluding carboxylic acids is 1. The smallest absolute Gasteiger partial charge is 0.255 e. The Kier molecular flexibility index (Phi) is 9.03. The van der Waals surface area contributed by atoms with Gasteiger partial charge in [0.2, 0.25) is 10.0 Å². The van der Waals surface area contributed by atoms with E-state index in [1.807, 2.05) is 24.3 Å². The molecule has 4 aromatic rings. The summed E-state index contributed by atoms with van der Waals surface area (Å²) < 4.78 is 59.2. The van der Waals surface area contributed by atoms with E-state index in [2.05, 4.69) is 21.2 Å². The van der Waals surface area contributed by atoms with Gasteiger partial charge in [-0.05, 0) is 78.3 Å². The van der Waals surface area contributed by atoms with Crippen LogP contribution in [0.15, 0.2) is 63.5 Å². The summed E-state index contributed by atoms with van der Waals surface area (Å²) in [4.78, 5) is 13.1. The Hall–Kier alpha value is -3.25. The number of nitrogens with one attached hydrogen (secondary N) is 1. The predicted molar refractivity (Wildman–Crippen MR) is 164 cm³/mol. The summed E-state index contributed by atoms with van der Waals surface area (Å²) in [6.07, 6.45) is 3.64. The molecule has 11 heteroatoms. The maximum atomic E-state index is 13.7. The van der Waals surface area contributed by atoms with Gasteiger partial charge in [0.1, 0.15) is 24.0 Å². The first-order valence-electron chi connectivity index (χ1n) is 13.5. The molecule has 0 aliphatic heterocycles. The van der Waals surface area contributed by atoms with Crippen LogP contribution in [0, 0.1) is 5.82 Å². The van der Waals surface area contributed by atoms with Gasteiger partial charge in [0.05, 0.1) is 30.7 Å². The second-order valence-electron chi connectivity index (χ2n) is 10.3. The molecule has 1 N–H and O–H groups in total. The monoisotopic (exact) mass is 658 g/mol. The van der Waals surface area contributed by atoms with Gasteiger partial charge in [0.25, 0.3) is 5.91 Å². The third kappa shape index (κ3) is 6.54. The molecule has 1 fully saturated rings. The fourth-order valence-electron chi connectivity index (χ4n) is 5.03. The van der Waals surface area contributed by atoms with E-state index >= 15 is 0 Å². The predicted octanol–water partition coefficient (Wildman–Crippen LogP) is 6.37. The van der Waals surface area contributed by atoms with Crippen LogP contribution in [0.25, 0.3) is 22.3 Å². The summed E-state index contributed by atoms with van der Waals surface area (Å²) in [5.74, 6) is -0.298. The zero-order chi connectivity index (χ0) is 30.0. The highest BCUT2D eigenvalue weighted by atomic mass is 79.9. The van der Waals surface area contributed by atoms with Crippen LogP contribution in [0.1, 0.15) is 45.8 Å². The molecule has 1 amide bonds. The number of fused-ring (bicyclic) bond motifs is 1. The number of amides is 1. The second-order valence-corrected chi connectivity index (χ2v) is 13.1. The highest BCUT2D eigenvalue weighted by molar-refractivity contribution is 9.10. The lowest BCUT2D eigenvalue weighted by Gasteiger charge is -2.26. The summed E-state index contributed by atoms with van der Waals surface area (Å²) in [6.45, 7) is 0.761. The summed E-state index contributed by atoms with van der Waals surface area (Å²) in [6, 6.07) is 15.1. The van der Waals surface area contributed by atoms with Crippen molar-refractivity contribution in [3.05, 3.63) is 87.1 Å². The Morgan fingerprint density at radius 3 is 2.52 bits per heavy atom. The SMILES string of the molecule is CNC(=O)c1c(-c2ccc(F)cc2)oc2cc(N(Cc3ccc(Br)c(CCOCOC)c3)S(C)(=O)=O)c(C3CC3)cc12. The van der Waals surface area contributed by atoms with Crippen molar-refractivity contribution in [3.8, 4) is 11.3 Å². The van der Waals surface area contributed by atoms with Crippen molar-refractivity contribution < 1.29 is 31.5 Å². The number of methoxy groups -OCH3 is 1. The number of hydrogen-bond acceptors (Lipinski definition) is 6. The van der Waals surface area contributed by atoms with Gasteiger partial charge in [-0.1, -0.05) is 28.1 Å². The lowest BCUT2D eigenvalue weighted by Crippen LogP contribution is -2.30. The number of furan rings is 1. The minimum Gasteiger partial charge on any atom is -0.455 e. The number of rotatable bonds is 12. The largest absolute Gasteiger partial charge is 0.455 e. The zero-order valence-corrected chi connectivity index (χ0v) is 26.0. The Morgan fingerprint density at radius 2 is 1.88 bits per heavy atom. The molecule has 222 valence electrons. The number of anilines is 1. The van der Waals surface area contributed by atoms with Gasteiger partial charge in [0, 0.05) is 35.6 Å². The number of hydrogen-bond donors (Lipinski definition) is 1. The van der Waals surface area contributed by atoms with Gasteiger partial charge < -0.3 is 19.2 Å². The standard InChI is InChI=1S/C31H32BrFN2O6S/c1-34-31(36)29-25-15-24(20-5-6-20)27(16-28(25)41-30(29)21-7-9-23(33)10-8-21)35(42(3,37)38)17-19-4-11-26(32)22(14-19)12-13-40-18-39-2/h4,7-11,14-16,20H,5-6,12-13,17-18H2,1-3H3,(H,34,36). The number of sulfonamides is 1. The van der Waals surface area contributed by atoms with E-state index in [0.29, 0.717) is 46.6 Å². The quantitative estimate of drug-likeness (QED) is 0.140. The lowest BCUT2D eigenvalue weighted by molar-refractivity contribution is -0.0291. The van der Waals surface area contributed by atoms with Crippen LogP contribution in [0.3, 0.4) is 0 Å². The van der Waals surface area contributed by atoms with E-state index in [9.17, 15) is 17.6 Å². The van der Waals surface area contributed by atoms with Gasteiger partial charge in [0.15, 0.2) is 0 Å². The van der Waals surface area contributed by atoms with Crippen molar-refractivity contribution in [1.29, 1.82) is 0 Å². The minimum atomic E-state index is -3.72. The maximum Gasteiger partial charge on any atom is 0.255 e. The van der Waals surface area contributed by atoms with Crippen molar-refractivity contribution in [1.82, 2.24) is 5.32 Å². The fraction of sp³-hybridized carbons (Fsp3) is 0.323. The van der Waals surface area contributed by atoms with E-state index < -0.39 is 15.8 Å². The summed E-state index contributed by atoms with van der Waals surface area (Å²) in [5, 5.41) is 3.25. The molecule has 0 saturated heterocycles. The molecule has 1 aliphatic rings. The van der Waals surface area contributed by atoms with Crippen LogP contribution in [0.5, 0.6) is 0 Å². The topological polar surface area (TPSA) is 98.1 Å². The average molecular weight is 660 g/mol. The molecule has 1 heterocycles. The number of benzene rings is 3. The molecule has 1 aliphatic carbocycles. The van der Waals surface area contributed by atoms with Crippen molar-refractivity contribution >= 4 is 48.5 Å². The summed E-state index contributed by atoms with van der Waals surface area (Å²) >= 11 is 3.58. The van der Waals surface area contributed by atoms with Crippen molar-refractivity contribution in [2.75, 3.05) is 38.1 Å². The summed E-state index contributed by atoms with van der Waals surface area (Å²) in [7, 11) is -0.624. The molecule has 0 spiro atoms. The number of ether oxygens (including phenoxy) is 2. The molecule has 0 radical (unpaired) electrons. The van der Waals surface area contributed by atoms with Crippen molar-refractivity contribution in [2.24, 2.45) is 0 Å². The molecule has 0 atom stereocenters. The number of halogens is 2. The Balaban J connectivity index is 1.60.